The minimum atomic E-state index is -0.308. The minimum absolute atomic E-state index is 0.156. The van der Waals surface area contributed by atoms with Crippen LogP contribution >= 0.6 is 0 Å². The van der Waals surface area contributed by atoms with Crippen molar-refractivity contribution in [3.63, 3.8) is 0 Å². The van der Waals surface area contributed by atoms with E-state index in [0.717, 1.165) is 5.70 Å². The first-order chi connectivity index (χ1) is 11.3. The molecule has 2 heterocycles. The largest absolute Gasteiger partial charge is 0.378 e. The lowest BCUT2D eigenvalue weighted by molar-refractivity contribution is 0.0207. The smallest absolute Gasteiger partial charge is 0.335 e. The van der Waals surface area contributed by atoms with Gasteiger partial charge in [0.2, 0.25) is 0 Å². The van der Waals surface area contributed by atoms with Gasteiger partial charge in [-0.15, -0.1) is 0 Å². The van der Waals surface area contributed by atoms with Gasteiger partial charge in [-0.2, -0.15) is 0 Å². The second kappa shape index (κ2) is 7.94. The molecule has 0 saturated heterocycles. The zero-order chi connectivity index (χ0) is 17.9. The summed E-state index contributed by atoms with van der Waals surface area (Å²) in [6.45, 7) is 11.8. The van der Waals surface area contributed by atoms with Gasteiger partial charge in [0.05, 0.1) is 18.9 Å². The van der Waals surface area contributed by atoms with Gasteiger partial charge in [0.25, 0.3) is 5.56 Å². The van der Waals surface area contributed by atoms with Crippen molar-refractivity contribution in [2.45, 2.75) is 47.3 Å². The first kappa shape index (κ1) is 18.7. The van der Waals surface area contributed by atoms with Crippen LogP contribution in [0.3, 0.4) is 0 Å². The number of nitrogens with zero attached hydrogens (tertiary/aromatic N) is 2. The molecule has 1 aromatic heterocycles. The van der Waals surface area contributed by atoms with Gasteiger partial charge >= 0.3 is 5.69 Å². The van der Waals surface area contributed by atoms with Crippen LogP contribution in [-0.4, -0.2) is 35.1 Å². The quantitative estimate of drug-likeness (QED) is 0.763. The van der Waals surface area contributed by atoms with Gasteiger partial charge in [0, 0.05) is 24.9 Å². The summed E-state index contributed by atoms with van der Waals surface area (Å²) in [6, 6.07) is 0. The molecule has 0 saturated carbocycles. The van der Waals surface area contributed by atoms with E-state index in [1.165, 1.54) is 9.13 Å². The van der Waals surface area contributed by atoms with Crippen molar-refractivity contribution in [2.24, 2.45) is 11.8 Å². The maximum atomic E-state index is 12.7. The second-order valence-corrected chi connectivity index (χ2v) is 7.21. The summed E-state index contributed by atoms with van der Waals surface area (Å²) in [4.78, 5) is 24.9. The molecule has 0 radical (unpaired) electrons. The number of rotatable bonds is 7. The van der Waals surface area contributed by atoms with Crippen molar-refractivity contribution < 1.29 is 9.47 Å². The van der Waals surface area contributed by atoms with Crippen LogP contribution in [-0.2, 0) is 16.0 Å². The maximum absolute atomic E-state index is 12.7. The molecule has 0 fully saturated rings. The number of aryl methyl sites for hydroxylation is 1. The van der Waals surface area contributed by atoms with E-state index >= 15 is 0 Å². The summed E-state index contributed by atoms with van der Waals surface area (Å²) in [6.07, 6.45) is 3.36. The van der Waals surface area contributed by atoms with Crippen LogP contribution in [0.4, 0.5) is 0 Å². The Labute approximate surface area is 142 Å². The molecule has 0 bridgehead atoms. The van der Waals surface area contributed by atoms with Crippen LogP contribution in [0.2, 0.25) is 0 Å². The lowest BCUT2D eigenvalue weighted by atomic mass is 10.2. The van der Waals surface area contributed by atoms with Gasteiger partial charge < -0.3 is 9.47 Å². The van der Waals surface area contributed by atoms with Crippen molar-refractivity contribution in [3.8, 4) is 0 Å². The van der Waals surface area contributed by atoms with E-state index in [-0.39, 0.29) is 23.3 Å². The molecule has 0 N–H and O–H groups in total. The Morgan fingerprint density at radius 3 is 2.58 bits per heavy atom. The molecule has 134 valence electrons. The Morgan fingerprint density at radius 1 is 1.25 bits per heavy atom. The van der Waals surface area contributed by atoms with Crippen LogP contribution in [0.25, 0.3) is 5.70 Å². The zero-order valence-electron chi connectivity index (χ0n) is 15.2. The molecule has 0 aliphatic carbocycles. The fraction of sp³-hybridized carbons (Fsp3) is 0.667. The lowest BCUT2D eigenvalue weighted by Gasteiger charge is -2.13. The predicted octanol–water partition coefficient (Wildman–Crippen LogP) is 1.89. The van der Waals surface area contributed by atoms with Crippen LogP contribution in [0, 0.1) is 18.8 Å². The summed E-state index contributed by atoms with van der Waals surface area (Å²) >= 11 is 0. The van der Waals surface area contributed by atoms with Crippen molar-refractivity contribution in [1.82, 2.24) is 9.13 Å². The third kappa shape index (κ3) is 4.45. The fourth-order valence-corrected chi connectivity index (χ4v) is 2.63. The standard InChI is InChI=1S/C18H28N2O4/c1-12(2)7-20-17(21)14(5)8-19(18(20)22)15-6-16(24-10-15)11-23-9-13(3)4/h6,8,12-13,16H,7,9-11H2,1-5H3/t16-/m0/s1. The molecule has 1 aromatic rings. The maximum Gasteiger partial charge on any atom is 0.335 e. The van der Waals surface area contributed by atoms with Gasteiger partial charge in [-0.1, -0.05) is 27.7 Å². The average molecular weight is 336 g/mol. The Morgan fingerprint density at radius 2 is 1.96 bits per heavy atom. The molecule has 6 heteroatoms. The molecular formula is C18H28N2O4. The summed E-state index contributed by atoms with van der Waals surface area (Å²) in [5, 5.41) is 0. The SMILES string of the molecule is Cc1cn(C2=C[C@@H](COCC(C)C)OC2)c(=O)n(CC(C)C)c1=O. The molecule has 0 amide bonds. The van der Waals surface area contributed by atoms with Crippen LogP contribution in [0.15, 0.2) is 21.9 Å². The Kier molecular flexibility index (Phi) is 6.18. The fourth-order valence-electron chi connectivity index (χ4n) is 2.63. The van der Waals surface area contributed by atoms with E-state index in [2.05, 4.69) is 13.8 Å². The second-order valence-electron chi connectivity index (χ2n) is 7.21. The first-order valence-electron chi connectivity index (χ1n) is 8.53. The zero-order valence-corrected chi connectivity index (χ0v) is 15.2. The molecule has 1 atom stereocenters. The van der Waals surface area contributed by atoms with E-state index in [9.17, 15) is 9.59 Å². The Hall–Kier alpha value is -1.66. The van der Waals surface area contributed by atoms with Gasteiger partial charge in [-0.25, -0.2) is 4.79 Å². The van der Waals surface area contributed by atoms with Gasteiger partial charge in [-0.3, -0.25) is 13.9 Å². The van der Waals surface area contributed by atoms with Crippen LogP contribution in [0.5, 0.6) is 0 Å². The lowest BCUT2D eigenvalue weighted by Crippen LogP contribution is -2.41. The molecular weight excluding hydrogens is 308 g/mol. The summed E-state index contributed by atoms with van der Waals surface area (Å²) in [5.41, 5.74) is 0.786. The van der Waals surface area contributed by atoms with Gasteiger partial charge in [-0.05, 0) is 24.8 Å². The van der Waals surface area contributed by atoms with Crippen molar-refractivity contribution in [2.75, 3.05) is 19.8 Å². The summed E-state index contributed by atoms with van der Waals surface area (Å²) in [5.74, 6) is 0.691. The monoisotopic (exact) mass is 336 g/mol. The number of hydrogen-bond donors (Lipinski definition) is 0. The molecule has 0 aromatic carbocycles. The number of hydrogen-bond acceptors (Lipinski definition) is 4. The highest BCUT2D eigenvalue weighted by atomic mass is 16.5. The summed E-state index contributed by atoms with van der Waals surface area (Å²) in [7, 11) is 0. The van der Waals surface area contributed by atoms with E-state index in [4.69, 9.17) is 9.47 Å². The van der Waals surface area contributed by atoms with E-state index in [0.29, 0.717) is 37.8 Å². The van der Waals surface area contributed by atoms with E-state index in [1.54, 1.807) is 13.1 Å². The molecule has 1 aliphatic heterocycles. The van der Waals surface area contributed by atoms with Crippen molar-refractivity contribution >= 4 is 5.70 Å². The minimum Gasteiger partial charge on any atom is -0.378 e. The third-order valence-corrected chi connectivity index (χ3v) is 3.76. The van der Waals surface area contributed by atoms with E-state index in [1.807, 2.05) is 19.9 Å². The Bertz CT molecular complexity index is 713. The highest BCUT2D eigenvalue weighted by Gasteiger charge is 2.20. The topological polar surface area (TPSA) is 62.5 Å². The van der Waals surface area contributed by atoms with Gasteiger partial charge in [0.15, 0.2) is 0 Å². The summed E-state index contributed by atoms with van der Waals surface area (Å²) < 4.78 is 14.1. The van der Waals surface area contributed by atoms with Crippen LogP contribution in [0.1, 0.15) is 33.3 Å². The Balaban J connectivity index is 2.24. The predicted molar refractivity (Wildman–Crippen MR) is 94.2 cm³/mol. The number of aromatic nitrogens is 2. The van der Waals surface area contributed by atoms with Crippen molar-refractivity contribution in [1.29, 1.82) is 0 Å². The highest BCUT2D eigenvalue weighted by Crippen LogP contribution is 2.16. The number of ether oxygens (including phenoxy) is 2. The molecule has 0 unspecified atom stereocenters. The average Bonchev–Trinajstić information content (AvgIpc) is 2.95. The molecule has 24 heavy (non-hydrogen) atoms. The normalized spacial score (nSPS) is 17.8. The van der Waals surface area contributed by atoms with Gasteiger partial charge in [0.1, 0.15) is 6.10 Å². The van der Waals surface area contributed by atoms with Crippen molar-refractivity contribution in [3.05, 3.63) is 38.7 Å². The molecule has 6 nitrogen and oxygen atoms in total. The first-order valence-corrected chi connectivity index (χ1v) is 8.53. The molecule has 0 spiro atoms. The third-order valence-electron chi connectivity index (χ3n) is 3.76. The van der Waals surface area contributed by atoms with Crippen LogP contribution < -0.4 is 11.2 Å². The molecule has 2 rings (SSSR count). The highest BCUT2D eigenvalue weighted by molar-refractivity contribution is 5.49. The molecule has 1 aliphatic rings. The van der Waals surface area contributed by atoms with E-state index < -0.39 is 0 Å².